The lowest BCUT2D eigenvalue weighted by molar-refractivity contribution is -0.137. The summed E-state index contributed by atoms with van der Waals surface area (Å²) in [5, 5.41) is 8.57. The summed E-state index contributed by atoms with van der Waals surface area (Å²) in [5.74, 6) is -0.805. The van der Waals surface area contributed by atoms with Crippen molar-refractivity contribution < 1.29 is 9.90 Å². The van der Waals surface area contributed by atoms with E-state index in [0.717, 1.165) is 25.0 Å². The van der Waals surface area contributed by atoms with Crippen LogP contribution in [-0.2, 0) is 24.2 Å². The first-order valence-electron chi connectivity index (χ1n) is 5.62. The molecule has 0 aliphatic heterocycles. The topological polar surface area (TPSA) is 59.3 Å². The Hall–Kier alpha value is -1.58. The third-order valence-electron chi connectivity index (χ3n) is 3.02. The highest BCUT2D eigenvalue weighted by atomic mass is 16.4. The Kier molecular flexibility index (Phi) is 3.08. The number of nitrogens with zero attached hydrogens (tertiary/aromatic N) is 1. The van der Waals surface area contributed by atoms with E-state index < -0.39 is 5.97 Å². The van der Waals surface area contributed by atoms with Crippen LogP contribution in [0, 0.1) is 0 Å². The largest absolute Gasteiger partial charge is 0.481 e. The van der Waals surface area contributed by atoms with Gasteiger partial charge in [0.2, 0.25) is 0 Å². The molecule has 0 saturated carbocycles. The van der Waals surface area contributed by atoms with Gasteiger partial charge >= 0.3 is 5.97 Å². The molecule has 0 spiro atoms. The highest BCUT2D eigenvalue weighted by Gasteiger charge is 2.15. The molecule has 4 heteroatoms. The van der Waals surface area contributed by atoms with Gasteiger partial charge in [0.25, 0.3) is 5.56 Å². The second-order valence-electron chi connectivity index (χ2n) is 4.15. The smallest absolute Gasteiger partial charge is 0.303 e. The lowest BCUT2D eigenvalue weighted by atomic mass is 10.2. The molecule has 1 aliphatic carbocycles. The molecule has 4 nitrogen and oxygen atoms in total. The third-order valence-corrected chi connectivity index (χ3v) is 3.02. The fourth-order valence-electron chi connectivity index (χ4n) is 2.27. The van der Waals surface area contributed by atoms with Crippen molar-refractivity contribution in [1.29, 1.82) is 0 Å². The average Bonchev–Trinajstić information content (AvgIpc) is 2.69. The summed E-state index contributed by atoms with van der Waals surface area (Å²) >= 11 is 0. The van der Waals surface area contributed by atoms with Crippen molar-refractivity contribution in [2.24, 2.45) is 0 Å². The van der Waals surface area contributed by atoms with Gasteiger partial charge in [0, 0.05) is 24.7 Å². The highest BCUT2D eigenvalue weighted by molar-refractivity contribution is 5.66. The minimum absolute atomic E-state index is 0.00830. The van der Waals surface area contributed by atoms with Crippen LogP contribution in [0.4, 0.5) is 0 Å². The van der Waals surface area contributed by atoms with E-state index in [-0.39, 0.29) is 12.0 Å². The molecule has 1 N–H and O–H groups in total. The summed E-state index contributed by atoms with van der Waals surface area (Å²) in [6, 6.07) is 3.49. The molecule has 86 valence electrons. The van der Waals surface area contributed by atoms with E-state index in [2.05, 4.69) is 0 Å². The molecule has 0 aromatic carbocycles. The molecular weight excluding hydrogens is 206 g/mol. The van der Waals surface area contributed by atoms with Crippen LogP contribution in [0.2, 0.25) is 0 Å². The summed E-state index contributed by atoms with van der Waals surface area (Å²) in [4.78, 5) is 22.1. The number of aliphatic carboxylic acids is 1. The quantitative estimate of drug-likeness (QED) is 0.831. The van der Waals surface area contributed by atoms with Crippen LogP contribution in [-0.4, -0.2) is 15.6 Å². The van der Waals surface area contributed by atoms with Gasteiger partial charge in [-0.25, -0.2) is 0 Å². The van der Waals surface area contributed by atoms with Gasteiger partial charge in [0.05, 0.1) is 0 Å². The summed E-state index contributed by atoms with van der Waals surface area (Å²) in [6.07, 6.45) is 3.71. The van der Waals surface area contributed by atoms with E-state index in [9.17, 15) is 9.59 Å². The monoisotopic (exact) mass is 221 g/mol. The number of pyridine rings is 1. The van der Waals surface area contributed by atoms with Crippen LogP contribution in [0.5, 0.6) is 0 Å². The molecule has 0 saturated heterocycles. The molecule has 2 rings (SSSR count). The average molecular weight is 221 g/mol. The summed E-state index contributed by atoms with van der Waals surface area (Å²) in [5.41, 5.74) is 2.35. The number of rotatable bonds is 4. The highest BCUT2D eigenvalue weighted by Crippen LogP contribution is 2.20. The zero-order valence-electron chi connectivity index (χ0n) is 9.11. The molecule has 0 amide bonds. The van der Waals surface area contributed by atoms with Crippen LogP contribution < -0.4 is 5.56 Å². The van der Waals surface area contributed by atoms with Gasteiger partial charge in [0.1, 0.15) is 0 Å². The third kappa shape index (κ3) is 2.15. The normalized spacial score (nSPS) is 13.8. The van der Waals surface area contributed by atoms with Crippen molar-refractivity contribution in [2.45, 2.75) is 38.6 Å². The van der Waals surface area contributed by atoms with Gasteiger partial charge in [-0.2, -0.15) is 0 Å². The van der Waals surface area contributed by atoms with Gasteiger partial charge in [-0.3, -0.25) is 9.59 Å². The Morgan fingerprint density at radius 1 is 1.38 bits per heavy atom. The van der Waals surface area contributed by atoms with Gasteiger partial charge < -0.3 is 9.67 Å². The lowest BCUT2D eigenvalue weighted by Crippen LogP contribution is -2.23. The summed E-state index contributed by atoms with van der Waals surface area (Å²) in [7, 11) is 0. The van der Waals surface area contributed by atoms with Gasteiger partial charge in [0.15, 0.2) is 0 Å². The van der Waals surface area contributed by atoms with Crippen molar-refractivity contribution >= 4 is 5.97 Å². The SMILES string of the molecule is O=C(O)CCCn1c2c(ccc1=O)CCC2. The Morgan fingerprint density at radius 2 is 2.19 bits per heavy atom. The second kappa shape index (κ2) is 4.51. The van der Waals surface area contributed by atoms with Crippen LogP contribution in [0.1, 0.15) is 30.5 Å². The Labute approximate surface area is 93.5 Å². The van der Waals surface area contributed by atoms with E-state index >= 15 is 0 Å². The van der Waals surface area contributed by atoms with Crippen LogP contribution in [0.3, 0.4) is 0 Å². The number of hydrogen-bond acceptors (Lipinski definition) is 2. The predicted molar refractivity (Wildman–Crippen MR) is 59.6 cm³/mol. The molecule has 0 fully saturated rings. The molecule has 16 heavy (non-hydrogen) atoms. The van der Waals surface area contributed by atoms with E-state index in [1.165, 1.54) is 5.56 Å². The fraction of sp³-hybridized carbons (Fsp3) is 0.500. The van der Waals surface area contributed by atoms with Crippen molar-refractivity contribution in [3.8, 4) is 0 Å². The Balaban J connectivity index is 2.17. The van der Waals surface area contributed by atoms with Crippen LogP contribution in [0.15, 0.2) is 16.9 Å². The maximum atomic E-state index is 11.7. The first-order valence-corrected chi connectivity index (χ1v) is 5.62. The summed E-state index contributed by atoms with van der Waals surface area (Å²) < 4.78 is 1.74. The maximum Gasteiger partial charge on any atom is 0.303 e. The fourth-order valence-corrected chi connectivity index (χ4v) is 2.27. The molecule has 1 aliphatic rings. The van der Waals surface area contributed by atoms with Crippen molar-refractivity contribution in [3.05, 3.63) is 33.7 Å². The molecule has 0 bridgehead atoms. The predicted octanol–water partition coefficient (Wildman–Crippen LogP) is 1.20. The van der Waals surface area contributed by atoms with Crippen molar-refractivity contribution in [2.75, 3.05) is 0 Å². The zero-order valence-corrected chi connectivity index (χ0v) is 9.11. The number of carboxylic acids is 1. The molecule has 0 atom stereocenters. The van der Waals surface area contributed by atoms with Gasteiger partial charge in [-0.15, -0.1) is 0 Å². The summed E-state index contributed by atoms with van der Waals surface area (Å²) in [6.45, 7) is 0.522. The Morgan fingerprint density at radius 3 is 2.94 bits per heavy atom. The van der Waals surface area contributed by atoms with Gasteiger partial charge in [-0.1, -0.05) is 6.07 Å². The maximum absolute atomic E-state index is 11.7. The van der Waals surface area contributed by atoms with E-state index in [1.54, 1.807) is 10.6 Å². The lowest BCUT2D eigenvalue weighted by Gasteiger charge is -2.10. The molecular formula is C12H15NO3. The minimum Gasteiger partial charge on any atom is -0.481 e. The Bertz CT molecular complexity index is 462. The minimum atomic E-state index is -0.805. The molecule has 1 aromatic rings. The molecule has 1 heterocycles. The number of carbonyl (C=O) groups is 1. The first-order chi connectivity index (χ1) is 7.68. The number of carboxylic acid groups (broad SMARTS) is 1. The van der Waals surface area contributed by atoms with Crippen molar-refractivity contribution in [1.82, 2.24) is 4.57 Å². The number of aryl methyl sites for hydroxylation is 1. The molecule has 0 radical (unpaired) electrons. The van der Waals surface area contributed by atoms with E-state index in [4.69, 9.17) is 5.11 Å². The van der Waals surface area contributed by atoms with Gasteiger partial charge in [-0.05, 0) is 31.2 Å². The van der Waals surface area contributed by atoms with Crippen molar-refractivity contribution in [3.63, 3.8) is 0 Å². The number of fused-ring (bicyclic) bond motifs is 1. The van der Waals surface area contributed by atoms with Crippen LogP contribution >= 0.6 is 0 Å². The first kappa shape index (κ1) is 10.9. The standard InChI is InChI=1S/C12H15NO3/c14-11-7-6-9-3-1-4-10(9)13(11)8-2-5-12(15)16/h6-7H,1-5,8H2,(H,15,16). The molecule has 0 unspecified atom stereocenters. The number of aromatic nitrogens is 1. The second-order valence-corrected chi connectivity index (χ2v) is 4.15. The zero-order chi connectivity index (χ0) is 11.5. The van der Waals surface area contributed by atoms with Crippen LogP contribution in [0.25, 0.3) is 0 Å². The molecule has 1 aromatic heterocycles. The number of hydrogen-bond donors (Lipinski definition) is 1. The van der Waals surface area contributed by atoms with E-state index in [1.807, 2.05) is 6.07 Å². The van der Waals surface area contributed by atoms with E-state index in [0.29, 0.717) is 13.0 Å².